The van der Waals surface area contributed by atoms with Crippen LogP contribution in [0, 0.1) is 0 Å². The molecule has 6 heteroatoms. The van der Waals surface area contributed by atoms with Gasteiger partial charge in [0.2, 0.25) is 0 Å². The van der Waals surface area contributed by atoms with Crippen LogP contribution in [0.15, 0.2) is 0 Å². The maximum absolute atomic E-state index is 10.1. The molecule has 86 valence electrons. The Labute approximate surface area is 121 Å². The van der Waals surface area contributed by atoms with Gasteiger partial charge in [0.15, 0.2) is 0 Å². The van der Waals surface area contributed by atoms with Crippen LogP contribution in [0.3, 0.4) is 0 Å². The van der Waals surface area contributed by atoms with Crippen LogP contribution in [-0.4, -0.2) is 59.9 Å². The first-order valence-electron chi connectivity index (χ1n) is 5.06. The van der Waals surface area contributed by atoms with E-state index in [0.29, 0.717) is 0 Å². The van der Waals surface area contributed by atoms with Gasteiger partial charge < -0.3 is 10.2 Å². The van der Waals surface area contributed by atoms with E-state index in [1.807, 2.05) is 0 Å². The van der Waals surface area contributed by atoms with Crippen molar-refractivity contribution in [1.82, 2.24) is 0 Å². The van der Waals surface area contributed by atoms with Gasteiger partial charge in [0.1, 0.15) is 0 Å². The fraction of sp³-hybridized carbons (Fsp3) is 0.800. The van der Waals surface area contributed by atoms with Crippen LogP contribution in [0.25, 0.3) is 0 Å². The predicted octanol–water partition coefficient (Wildman–Crippen LogP) is 0.979. The molecular weight excluding hydrogens is 198 g/mol. The molecule has 0 aliphatic rings. The molecule has 0 spiro atoms. The summed E-state index contributed by atoms with van der Waals surface area (Å²) in [6, 6.07) is 0. The van der Waals surface area contributed by atoms with Crippen molar-refractivity contribution in [1.29, 1.82) is 0 Å². The van der Waals surface area contributed by atoms with E-state index in [9.17, 15) is 9.59 Å². The van der Waals surface area contributed by atoms with Gasteiger partial charge in [-0.1, -0.05) is 25.7 Å². The Morgan fingerprint density at radius 2 is 0.875 bits per heavy atom. The van der Waals surface area contributed by atoms with Gasteiger partial charge >= 0.3 is 49.7 Å². The van der Waals surface area contributed by atoms with Crippen molar-refractivity contribution >= 4 is 49.7 Å². The molecule has 0 aromatic carbocycles. The third kappa shape index (κ3) is 19.7. The van der Waals surface area contributed by atoms with E-state index in [4.69, 9.17) is 10.2 Å². The van der Waals surface area contributed by atoms with Crippen molar-refractivity contribution in [3.8, 4) is 0 Å². The third-order valence-electron chi connectivity index (χ3n) is 2.03. The van der Waals surface area contributed by atoms with Gasteiger partial charge in [-0.3, -0.25) is 9.59 Å². The minimum atomic E-state index is -0.740. The molecule has 0 fully saturated rings. The Hall–Kier alpha value is 0.135. The molecular formula is C10H20Li2O4. The maximum atomic E-state index is 10.1. The van der Waals surface area contributed by atoms with Gasteiger partial charge in [0.25, 0.3) is 0 Å². The molecule has 0 aliphatic heterocycles. The van der Waals surface area contributed by atoms with Gasteiger partial charge in [0, 0.05) is 12.8 Å². The number of hydrogen-bond donors (Lipinski definition) is 2. The fourth-order valence-electron chi connectivity index (χ4n) is 1.26. The Balaban J connectivity index is -0.000000845. The Morgan fingerprint density at radius 3 is 1.12 bits per heavy atom. The summed E-state index contributed by atoms with van der Waals surface area (Å²) in [6.07, 6.45) is 5.82. The van der Waals surface area contributed by atoms with Gasteiger partial charge in [-0.2, -0.15) is 0 Å². The molecule has 0 aliphatic carbocycles. The molecule has 0 aromatic rings. The quantitative estimate of drug-likeness (QED) is 0.447. The predicted molar refractivity (Wildman–Crippen MR) is 66.5 cm³/mol. The molecule has 0 atom stereocenters. The number of rotatable bonds is 9. The van der Waals surface area contributed by atoms with E-state index in [1.165, 1.54) is 0 Å². The zero-order valence-corrected chi connectivity index (χ0v) is 8.37. The number of carboxylic acid groups (broad SMARTS) is 2. The van der Waals surface area contributed by atoms with Crippen molar-refractivity contribution in [2.45, 2.75) is 51.4 Å². The van der Waals surface area contributed by atoms with Crippen molar-refractivity contribution in [3.63, 3.8) is 0 Å². The average Bonchev–Trinajstić information content (AvgIpc) is 2.08. The topological polar surface area (TPSA) is 74.6 Å². The van der Waals surface area contributed by atoms with E-state index in [0.717, 1.165) is 38.5 Å². The summed E-state index contributed by atoms with van der Waals surface area (Å²) >= 11 is 0. The van der Waals surface area contributed by atoms with Crippen LogP contribution in [0.5, 0.6) is 0 Å². The zero-order chi connectivity index (χ0) is 10.8. The van der Waals surface area contributed by atoms with Crippen molar-refractivity contribution in [2.24, 2.45) is 0 Å². The molecule has 0 aromatic heterocycles. The van der Waals surface area contributed by atoms with Crippen molar-refractivity contribution in [3.05, 3.63) is 0 Å². The minimum absolute atomic E-state index is 0. The molecule has 4 nitrogen and oxygen atoms in total. The van der Waals surface area contributed by atoms with E-state index in [1.54, 1.807) is 0 Å². The van der Waals surface area contributed by atoms with Crippen LogP contribution >= 0.6 is 0 Å². The Morgan fingerprint density at radius 1 is 0.625 bits per heavy atom. The van der Waals surface area contributed by atoms with Crippen LogP contribution in [0.1, 0.15) is 51.4 Å². The molecule has 0 heterocycles. The van der Waals surface area contributed by atoms with E-state index >= 15 is 0 Å². The zero-order valence-electron chi connectivity index (χ0n) is 8.37. The molecule has 0 saturated heterocycles. The first-order valence-corrected chi connectivity index (χ1v) is 5.06. The van der Waals surface area contributed by atoms with E-state index in [-0.39, 0.29) is 50.6 Å². The summed E-state index contributed by atoms with van der Waals surface area (Å²) in [4.78, 5) is 20.3. The second kappa shape index (κ2) is 15.1. The molecule has 0 radical (unpaired) electrons. The second-order valence-electron chi connectivity index (χ2n) is 3.41. The second-order valence-corrected chi connectivity index (χ2v) is 3.41. The number of carboxylic acids is 2. The Bertz CT molecular complexity index is 166. The number of carbonyl (C=O) groups is 2. The normalized spacial score (nSPS) is 8.75. The van der Waals surface area contributed by atoms with Crippen molar-refractivity contribution in [2.75, 3.05) is 0 Å². The summed E-state index contributed by atoms with van der Waals surface area (Å²) in [6.45, 7) is 0. The van der Waals surface area contributed by atoms with Crippen LogP contribution in [0.4, 0.5) is 0 Å². The summed E-state index contributed by atoms with van der Waals surface area (Å²) < 4.78 is 0. The summed E-state index contributed by atoms with van der Waals surface area (Å²) in [7, 11) is 0. The summed E-state index contributed by atoms with van der Waals surface area (Å²) in [5, 5.41) is 16.7. The fourth-order valence-corrected chi connectivity index (χ4v) is 1.26. The number of aliphatic carboxylic acids is 2. The first-order chi connectivity index (χ1) is 6.63. The van der Waals surface area contributed by atoms with Crippen LogP contribution in [0.2, 0.25) is 0 Å². The Kier molecular flexibility index (Phi) is 20.3. The average molecular weight is 218 g/mol. The molecule has 0 amide bonds. The van der Waals surface area contributed by atoms with Gasteiger partial charge in [-0.05, 0) is 12.8 Å². The van der Waals surface area contributed by atoms with Gasteiger partial charge in [-0.15, -0.1) is 0 Å². The standard InChI is InChI=1S/C10H18O4.2Li.2H/c11-9(12)7-5-3-1-2-4-6-8-10(13)14;;;;/h1-8H2,(H,11,12)(H,13,14);;;;. The number of hydrogen-bond acceptors (Lipinski definition) is 2. The number of unbranched alkanes of at least 4 members (excludes halogenated alkanes) is 5. The molecule has 0 unspecified atom stereocenters. The van der Waals surface area contributed by atoms with E-state index in [2.05, 4.69) is 0 Å². The molecule has 0 bridgehead atoms. The molecule has 0 rings (SSSR count). The van der Waals surface area contributed by atoms with Crippen molar-refractivity contribution < 1.29 is 19.8 Å². The molecule has 2 N–H and O–H groups in total. The van der Waals surface area contributed by atoms with Crippen LogP contribution in [-0.2, 0) is 9.59 Å². The van der Waals surface area contributed by atoms with Crippen LogP contribution < -0.4 is 0 Å². The van der Waals surface area contributed by atoms with E-state index < -0.39 is 11.9 Å². The van der Waals surface area contributed by atoms with Gasteiger partial charge in [-0.25, -0.2) is 0 Å². The van der Waals surface area contributed by atoms with Gasteiger partial charge in [0.05, 0.1) is 0 Å². The molecule has 16 heavy (non-hydrogen) atoms. The SMILES string of the molecule is O=C(O)CCCCCCCCC(=O)O.[LiH].[LiH]. The summed E-state index contributed by atoms with van der Waals surface area (Å²) in [5.74, 6) is -1.48. The first kappa shape index (κ1) is 21.4. The third-order valence-corrected chi connectivity index (χ3v) is 2.03. The summed E-state index contributed by atoms with van der Waals surface area (Å²) in [5.41, 5.74) is 0. The monoisotopic (exact) mass is 218 g/mol. The molecule has 0 saturated carbocycles.